The van der Waals surface area contributed by atoms with Crippen molar-refractivity contribution in [2.45, 2.75) is 33.3 Å². The van der Waals surface area contributed by atoms with Gasteiger partial charge in [-0.3, -0.25) is 4.98 Å². The lowest BCUT2D eigenvalue weighted by molar-refractivity contribution is 0.118. The van der Waals surface area contributed by atoms with Crippen LogP contribution in [0, 0.1) is 13.8 Å². The zero-order valence-corrected chi connectivity index (χ0v) is 11.7. The van der Waals surface area contributed by atoms with Gasteiger partial charge in [-0.2, -0.15) is 0 Å². The quantitative estimate of drug-likeness (QED) is 0.731. The molecule has 2 rings (SSSR count). The molecule has 0 spiro atoms. The maximum Gasteiger partial charge on any atom is 0.0719 e. The van der Waals surface area contributed by atoms with Gasteiger partial charge in [-0.15, -0.1) is 0 Å². The number of pyridine rings is 1. The minimum atomic E-state index is 0.704. The SMILES string of the molecule is Cc1ccc(C)c(COCCCc2ccccn2)c1. The molecule has 0 atom stereocenters. The number of hydrogen-bond acceptors (Lipinski definition) is 2. The molecule has 0 fully saturated rings. The second-order valence-electron chi connectivity index (χ2n) is 4.91. The molecule has 2 heteroatoms. The fourth-order valence-corrected chi connectivity index (χ4v) is 2.04. The van der Waals surface area contributed by atoms with Crippen LogP contribution in [0.5, 0.6) is 0 Å². The number of nitrogens with zero attached hydrogens (tertiary/aromatic N) is 1. The van der Waals surface area contributed by atoms with Crippen LogP contribution in [-0.4, -0.2) is 11.6 Å². The summed E-state index contributed by atoms with van der Waals surface area (Å²) < 4.78 is 5.75. The van der Waals surface area contributed by atoms with Crippen molar-refractivity contribution >= 4 is 0 Å². The second-order valence-corrected chi connectivity index (χ2v) is 4.91. The molecule has 1 aromatic carbocycles. The third-order valence-corrected chi connectivity index (χ3v) is 3.21. The van der Waals surface area contributed by atoms with E-state index in [4.69, 9.17) is 4.74 Å². The van der Waals surface area contributed by atoms with Gasteiger partial charge in [-0.1, -0.05) is 29.8 Å². The molecule has 0 aliphatic carbocycles. The first kappa shape index (κ1) is 13.8. The Morgan fingerprint density at radius 2 is 2.00 bits per heavy atom. The van der Waals surface area contributed by atoms with Gasteiger partial charge in [0.15, 0.2) is 0 Å². The lowest BCUT2D eigenvalue weighted by Crippen LogP contribution is -2.00. The van der Waals surface area contributed by atoms with Crippen LogP contribution < -0.4 is 0 Å². The van der Waals surface area contributed by atoms with E-state index in [1.807, 2.05) is 18.3 Å². The number of aryl methyl sites for hydroxylation is 3. The van der Waals surface area contributed by atoms with Gasteiger partial charge in [-0.05, 0) is 49.9 Å². The van der Waals surface area contributed by atoms with Crippen LogP contribution in [0.4, 0.5) is 0 Å². The summed E-state index contributed by atoms with van der Waals surface area (Å²) in [5, 5.41) is 0. The summed E-state index contributed by atoms with van der Waals surface area (Å²) >= 11 is 0. The zero-order valence-electron chi connectivity index (χ0n) is 11.7. The standard InChI is InChI=1S/C17H21NO/c1-14-8-9-15(2)16(12-14)13-19-11-5-7-17-6-3-4-10-18-17/h3-4,6,8-10,12H,5,7,11,13H2,1-2H3. The lowest BCUT2D eigenvalue weighted by atomic mass is 10.1. The highest BCUT2D eigenvalue weighted by Crippen LogP contribution is 2.12. The van der Waals surface area contributed by atoms with Crippen molar-refractivity contribution in [3.8, 4) is 0 Å². The van der Waals surface area contributed by atoms with E-state index in [1.165, 1.54) is 16.7 Å². The Kier molecular flexibility index (Phi) is 5.10. The summed E-state index contributed by atoms with van der Waals surface area (Å²) in [6.07, 6.45) is 3.84. The molecule has 1 aromatic heterocycles. The van der Waals surface area contributed by atoms with Crippen LogP contribution in [0.3, 0.4) is 0 Å². The molecule has 0 amide bonds. The maximum absolute atomic E-state index is 5.75. The molecule has 0 aliphatic rings. The molecule has 0 unspecified atom stereocenters. The van der Waals surface area contributed by atoms with E-state index in [0.717, 1.165) is 25.1 Å². The van der Waals surface area contributed by atoms with E-state index in [0.29, 0.717) is 6.61 Å². The minimum absolute atomic E-state index is 0.704. The van der Waals surface area contributed by atoms with Crippen LogP contribution in [0.15, 0.2) is 42.6 Å². The normalized spacial score (nSPS) is 10.6. The van der Waals surface area contributed by atoms with Crippen molar-refractivity contribution in [2.24, 2.45) is 0 Å². The van der Waals surface area contributed by atoms with Crippen molar-refractivity contribution in [1.29, 1.82) is 0 Å². The molecule has 0 aliphatic heterocycles. The summed E-state index contributed by atoms with van der Waals surface area (Å²) in [6, 6.07) is 12.5. The van der Waals surface area contributed by atoms with Gasteiger partial charge in [0.25, 0.3) is 0 Å². The fraction of sp³-hybridized carbons (Fsp3) is 0.353. The van der Waals surface area contributed by atoms with Crippen LogP contribution in [0.25, 0.3) is 0 Å². The fourth-order valence-electron chi connectivity index (χ4n) is 2.04. The van der Waals surface area contributed by atoms with Gasteiger partial charge in [0.05, 0.1) is 6.61 Å². The zero-order chi connectivity index (χ0) is 13.5. The van der Waals surface area contributed by atoms with Crippen molar-refractivity contribution in [1.82, 2.24) is 4.98 Å². The topological polar surface area (TPSA) is 22.1 Å². The molecule has 0 saturated carbocycles. The summed E-state index contributed by atoms with van der Waals surface area (Å²) in [4.78, 5) is 4.30. The molecule has 19 heavy (non-hydrogen) atoms. The Labute approximate surface area is 115 Å². The predicted octanol–water partition coefficient (Wildman–Crippen LogP) is 3.85. The molecule has 0 saturated heterocycles. The Bertz CT molecular complexity index is 508. The predicted molar refractivity (Wildman–Crippen MR) is 78.1 cm³/mol. The lowest BCUT2D eigenvalue weighted by Gasteiger charge is -2.08. The number of hydrogen-bond donors (Lipinski definition) is 0. The molecule has 100 valence electrons. The summed E-state index contributed by atoms with van der Waals surface area (Å²) in [7, 11) is 0. The molecule has 0 N–H and O–H groups in total. The van der Waals surface area contributed by atoms with E-state index < -0.39 is 0 Å². The van der Waals surface area contributed by atoms with Crippen LogP contribution in [0.2, 0.25) is 0 Å². The number of ether oxygens (including phenoxy) is 1. The summed E-state index contributed by atoms with van der Waals surface area (Å²) in [5.74, 6) is 0. The Balaban J connectivity index is 1.71. The van der Waals surface area contributed by atoms with E-state index in [9.17, 15) is 0 Å². The Hall–Kier alpha value is -1.67. The smallest absolute Gasteiger partial charge is 0.0719 e. The van der Waals surface area contributed by atoms with E-state index in [-0.39, 0.29) is 0 Å². The van der Waals surface area contributed by atoms with Gasteiger partial charge in [0.2, 0.25) is 0 Å². The van der Waals surface area contributed by atoms with Crippen LogP contribution in [0.1, 0.15) is 28.8 Å². The molecule has 2 aromatic rings. The number of aromatic nitrogens is 1. The average molecular weight is 255 g/mol. The van der Waals surface area contributed by atoms with Gasteiger partial charge in [0, 0.05) is 18.5 Å². The van der Waals surface area contributed by atoms with Gasteiger partial charge < -0.3 is 4.74 Å². The maximum atomic E-state index is 5.75. The summed E-state index contributed by atoms with van der Waals surface area (Å²) in [5.41, 5.74) is 5.02. The average Bonchev–Trinajstić information content (AvgIpc) is 2.43. The van der Waals surface area contributed by atoms with Crippen molar-refractivity contribution < 1.29 is 4.74 Å². The molecular weight excluding hydrogens is 234 g/mol. The molecule has 0 radical (unpaired) electrons. The largest absolute Gasteiger partial charge is 0.377 e. The molecule has 0 bridgehead atoms. The third-order valence-electron chi connectivity index (χ3n) is 3.21. The summed E-state index contributed by atoms with van der Waals surface area (Å²) in [6.45, 7) is 5.73. The van der Waals surface area contributed by atoms with E-state index in [1.54, 1.807) is 0 Å². The van der Waals surface area contributed by atoms with E-state index >= 15 is 0 Å². The van der Waals surface area contributed by atoms with Crippen LogP contribution >= 0.6 is 0 Å². The number of benzene rings is 1. The number of rotatable bonds is 6. The van der Waals surface area contributed by atoms with E-state index in [2.05, 4.69) is 43.1 Å². The highest BCUT2D eigenvalue weighted by Gasteiger charge is 1.99. The minimum Gasteiger partial charge on any atom is -0.377 e. The molecule has 2 nitrogen and oxygen atoms in total. The highest BCUT2D eigenvalue weighted by atomic mass is 16.5. The van der Waals surface area contributed by atoms with Gasteiger partial charge >= 0.3 is 0 Å². The monoisotopic (exact) mass is 255 g/mol. The van der Waals surface area contributed by atoms with Gasteiger partial charge in [0.1, 0.15) is 0 Å². The highest BCUT2D eigenvalue weighted by molar-refractivity contribution is 5.29. The molecule has 1 heterocycles. The van der Waals surface area contributed by atoms with Crippen molar-refractivity contribution in [2.75, 3.05) is 6.61 Å². The van der Waals surface area contributed by atoms with Crippen molar-refractivity contribution in [3.05, 3.63) is 65.0 Å². The first-order chi connectivity index (χ1) is 9.25. The second kappa shape index (κ2) is 7.05. The van der Waals surface area contributed by atoms with Crippen LogP contribution in [-0.2, 0) is 17.8 Å². The van der Waals surface area contributed by atoms with Crippen molar-refractivity contribution in [3.63, 3.8) is 0 Å². The van der Waals surface area contributed by atoms with Gasteiger partial charge in [-0.25, -0.2) is 0 Å². The first-order valence-electron chi connectivity index (χ1n) is 6.79. The molecular formula is C17H21NO. The third kappa shape index (κ3) is 4.49. The first-order valence-corrected chi connectivity index (χ1v) is 6.79. The Morgan fingerprint density at radius 1 is 1.11 bits per heavy atom. The Morgan fingerprint density at radius 3 is 2.79 bits per heavy atom.